The number of nitrogens with one attached hydrogen (secondary N) is 2. The molecule has 1 amide bonds. The lowest BCUT2D eigenvalue weighted by Crippen LogP contribution is -2.18. The molecule has 1 aromatic heterocycles. The molecule has 0 radical (unpaired) electrons. The highest BCUT2D eigenvalue weighted by molar-refractivity contribution is 6.40. The Bertz CT molecular complexity index is 677. The molecule has 0 unspecified atom stereocenters. The van der Waals surface area contributed by atoms with Crippen LogP contribution in [-0.4, -0.2) is 16.1 Å². The predicted molar refractivity (Wildman–Crippen MR) is 74.0 cm³/mol. The fraction of sp³-hybridized carbons (Fsp3) is 0.0833. The van der Waals surface area contributed by atoms with E-state index in [-0.39, 0.29) is 11.3 Å². The van der Waals surface area contributed by atoms with Crippen molar-refractivity contribution in [1.82, 2.24) is 10.2 Å². The van der Waals surface area contributed by atoms with Crippen LogP contribution in [0.25, 0.3) is 0 Å². The van der Waals surface area contributed by atoms with Crippen LogP contribution in [0.1, 0.15) is 16.1 Å². The first-order valence-corrected chi connectivity index (χ1v) is 6.06. The first-order chi connectivity index (χ1) is 8.99. The van der Waals surface area contributed by atoms with Crippen molar-refractivity contribution in [2.24, 2.45) is 0 Å². The molecule has 1 heterocycles. The van der Waals surface area contributed by atoms with E-state index in [0.717, 1.165) is 5.56 Å². The van der Waals surface area contributed by atoms with Crippen molar-refractivity contribution in [3.05, 3.63) is 55.9 Å². The molecule has 0 aliphatic heterocycles. The highest BCUT2D eigenvalue weighted by Gasteiger charge is 2.14. The van der Waals surface area contributed by atoms with Crippen molar-refractivity contribution in [2.75, 3.05) is 5.32 Å². The molecule has 2 N–H and O–H groups in total. The van der Waals surface area contributed by atoms with Crippen molar-refractivity contribution >= 4 is 34.8 Å². The SMILES string of the molecule is Cc1ccc(Cl)c(NC(=O)c2ccc(=O)[nH]n2)c1Cl. The van der Waals surface area contributed by atoms with Gasteiger partial charge in [-0.05, 0) is 24.6 Å². The number of aromatic nitrogens is 2. The van der Waals surface area contributed by atoms with Gasteiger partial charge in [0.25, 0.3) is 11.5 Å². The number of rotatable bonds is 2. The van der Waals surface area contributed by atoms with E-state index in [1.165, 1.54) is 12.1 Å². The third kappa shape index (κ3) is 2.94. The van der Waals surface area contributed by atoms with Gasteiger partial charge < -0.3 is 5.32 Å². The number of hydrogen-bond acceptors (Lipinski definition) is 3. The summed E-state index contributed by atoms with van der Waals surface area (Å²) in [5.41, 5.74) is 0.786. The van der Waals surface area contributed by atoms with E-state index in [0.29, 0.717) is 15.7 Å². The number of carbonyl (C=O) groups excluding carboxylic acids is 1. The zero-order valence-electron chi connectivity index (χ0n) is 9.83. The van der Waals surface area contributed by atoms with Gasteiger partial charge in [0.05, 0.1) is 15.7 Å². The molecule has 98 valence electrons. The van der Waals surface area contributed by atoms with Crippen molar-refractivity contribution in [2.45, 2.75) is 6.92 Å². The molecule has 2 aromatic rings. The molecule has 0 spiro atoms. The summed E-state index contributed by atoms with van der Waals surface area (Å²) in [4.78, 5) is 22.8. The number of halogens is 2. The zero-order chi connectivity index (χ0) is 14.0. The van der Waals surface area contributed by atoms with Gasteiger partial charge in [-0.1, -0.05) is 29.3 Å². The van der Waals surface area contributed by atoms with Crippen LogP contribution >= 0.6 is 23.2 Å². The van der Waals surface area contributed by atoms with E-state index in [4.69, 9.17) is 23.2 Å². The van der Waals surface area contributed by atoms with E-state index in [9.17, 15) is 9.59 Å². The molecule has 0 bridgehead atoms. The maximum absolute atomic E-state index is 11.9. The van der Waals surface area contributed by atoms with Crippen LogP contribution < -0.4 is 10.9 Å². The smallest absolute Gasteiger partial charge is 0.276 e. The Labute approximate surface area is 118 Å². The Balaban J connectivity index is 2.31. The van der Waals surface area contributed by atoms with Crippen LogP contribution in [-0.2, 0) is 0 Å². The minimum absolute atomic E-state index is 0.0632. The minimum atomic E-state index is -0.509. The molecule has 0 aliphatic rings. The first-order valence-electron chi connectivity index (χ1n) is 5.30. The standard InChI is InChI=1S/C12H9Cl2N3O2/c1-6-2-3-7(13)11(10(6)14)15-12(19)8-4-5-9(18)17-16-8/h2-5H,1H3,(H,15,19)(H,17,18). The lowest BCUT2D eigenvalue weighted by Gasteiger charge is -2.10. The van der Waals surface area contributed by atoms with Crippen LogP contribution in [0.15, 0.2) is 29.1 Å². The molecular weight excluding hydrogens is 289 g/mol. The van der Waals surface area contributed by atoms with Crippen molar-refractivity contribution < 1.29 is 4.79 Å². The zero-order valence-corrected chi connectivity index (χ0v) is 11.3. The molecule has 0 fully saturated rings. The lowest BCUT2D eigenvalue weighted by molar-refractivity contribution is 0.102. The summed E-state index contributed by atoms with van der Waals surface area (Å²) < 4.78 is 0. The number of benzene rings is 1. The molecule has 1 aromatic carbocycles. The molecule has 0 saturated carbocycles. The van der Waals surface area contributed by atoms with Crippen LogP contribution in [0.2, 0.25) is 10.0 Å². The monoisotopic (exact) mass is 297 g/mol. The van der Waals surface area contributed by atoms with Gasteiger partial charge in [0, 0.05) is 6.07 Å². The van der Waals surface area contributed by atoms with Crippen molar-refractivity contribution in [1.29, 1.82) is 0 Å². The van der Waals surface area contributed by atoms with Gasteiger partial charge in [0.15, 0.2) is 0 Å². The van der Waals surface area contributed by atoms with E-state index < -0.39 is 5.91 Å². The summed E-state index contributed by atoms with van der Waals surface area (Å²) in [6.45, 7) is 1.80. The third-order valence-electron chi connectivity index (χ3n) is 2.43. The van der Waals surface area contributed by atoms with E-state index in [1.807, 2.05) is 0 Å². The van der Waals surface area contributed by atoms with E-state index >= 15 is 0 Å². The first kappa shape index (κ1) is 13.6. The average Bonchev–Trinajstić information content (AvgIpc) is 2.40. The van der Waals surface area contributed by atoms with Crippen LogP contribution in [0, 0.1) is 6.92 Å². The second kappa shape index (κ2) is 5.42. The maximum atomic E-state index is 11.9. The molecule has 0 aliphatic carbocycles. The fourth-order valence-corrected chi connectivity index (χ4v) is 1.88. The van der Waals surface area contributed by atoms with Gasteiger partial charge in [0.1, 0.15) is 5.69 Å². The lowest BCUT2D eigenvalue weighted by atomic mass is 10.2. The van der Waals surface area contributed by atoms with Crippen LogP contribution in [0.5, 0.6) is 0 Å². The number of H-pyrrole nitrogens is 1. The fourth-order valence-electron chi connectivity index (χ4n) is 1.42. The van der Waals surface area contributed by atoms with Gasteiger partial charge >= 0.3 is 0 Å². The summed E-state index contributed by atoms with van der Waals surface area (Å²) in [6.07, 6.45) is 0. The summed E-state index contributed by atoms with van der Waals surface area (Å²) in [5.74, 6) is -0.509. The number of aromatic amines is 1. The van der Waals surface area contributed by atoms with E-state index in [1.54, 1.807) is 19.1 Å². The molecule has 0 saturated heterocycles. The predicted octanol–water partition coefficient (Wildman–Crippen LogP) is 2.64. The molecule has 19 heavy (non-hydrogen) atoms. The van der Waals surface area contributed by atoms with Crippen LogP contribution in [0.4, 0.5) is 5.69 Å². The number of hydrogen-bond donors (Lipinski definition) is 2. The minimum Gasteiger partial charge on any atom is -0.318 e. The van der Waals surface area contributed by atoms with E-state index in [2.05, 4.69) is 15.5 Å². The highest BCUT2D eigenvalue weighted by atomic mass is 35.5. The molecule has 2 rings (SSSR count). The number of anilines is 1. The second-order valence-corrected chi connectivity index (χ2v) is 4.60. The molecule has 5 nitrogen and oxygen atoms in total. The Morgan fingerprint density at radius 3 is 2.63 bits per heavy atom. The second-order valence-electron chi connectivity index (χ2n) is 3.81. The van der Waals surface area contributed by atoms with Crippen LogP contribution in [0.3, 0.4) is 0 Å². The topological polar surface area (TPSA) is 74.8 Å². The van der Waals surface area contributed by atoms with Gasteiger partial charge in [-0.25, -0.2) is 5.10 Å². The quantitative estimate of drug-likeness (QED) is 0.895. The summed E-state index contributed by atoms with van der Waals surface area (Å²) in [6, 6.07) is 5.91. The highest BCUT2D eigenvalue weighted by Crippen LogP contribution is 2.32. The Kier molecular flexibility index (Phi) is 3.87. The summed E-state index contributed by atoms with van der Waals surface area (Å²) in [5, 5.41) is 9.06. The largest absolute Gasteiger partial charge is 0.318 e. The molecule has 7 heteroatoms. The van der Waals surface area contributed by atoms with Gasteiger partial charge in [-0.15, -0.1) is 0 Å². The van der Waals surface area contributed by atoms with Gasteiger partial charge in [-0.3, -0.25) is 9.59 Å². The number of nitrogens with zero attached hydrogens (tertiary/aromatic N) is 1. The van der Waals surface area contributed by atoms with Gasteiger partial charge in [0.2, 0.25) is 0 Å². The average molecular weight is 298 g/mol. The maximum Gasteiger partial charge on any atom is 0.276 e. The molecular formula is C12H9Cl2N3O2. The number of aryl methyl sites for hydroxylation is 1. The molecule has 0 atom stereocenters. The summed E-state index contributed by atoms with van der Waals surface area (Å²) in [7, 11) is 0. The Morgan fingerprint density at radius 1 is 1.26 bits per heavy atom. The normalized spacial score (nSPS) is 10.3. The number of amides is 1. The van der Waals surface area contributed by atoms with Crippen molar-refractivity contribution in [3.63, 3.8) is 0 Å². The third-order valence-corrected chi connectivity index (χ3v) is 3.24. The number of carbonyl (C=O) groups is 1. The summed E-state index contributed by atoms with van der Waals surface area (Å²) >= 11 is 12.1. The Morgan fingerprint density at radius 2 is 2.00 bits per heavy atom. The van der Waals surface area contributed by atoms with Gasteiger partial charge in [-0.2, -0.15) is 5.10 Å². The Hall–Kier alpha value is -1.85. The van der Waals surface area contributed by atoms with Crippen molar-refractivity contribution in [3.8, 4) is 0 Å².